The van der Waals surface area contributed by atoms with Crippen LogP contribution in [-0.2, 0) is 11.2 Å². The summed E-state index contributed by atoms with van der Waals surface area (Å²) >= 11 is 3.23. The van der Waals surface area contributed by atoms with Crippen LogP contribution in [0.2, 0.25) is 0 Å². The van der Waals surface area contributed by atoms with E-state index < -0.39 is 0 Å². The molecule has 0 unspecified atom stereocenters. The van der Waals surface area contributed by atoms with E-state index in [1.165, 1.54) is 18.3 Å². The third-order valence-electron chi connectivity index (χ3n) is 3.03. The van der Waals surface area contributed by atoms with Crippen LogP contribution in [0, 0.1) is 5.82 Å². The molecule has 0 aliphatic heterocycles. The summed E-state index contributed by atoms with van der Waals surface area (Å²) in [6.45, 7) is 2.22. The molecule has 0 saturated heterocycles. The molecule has 0 aromatic heterocycles. The average Bonchev–Trinajstić information content (AvgIpc) is 2.54. The smallest absolute Gasteiger partial charge is 0.244 e. The van der Waals surface area contributed by atoms with Gasteiger partial charge in [-0.1, -0.05) is 12.1 Å². The number of hydrogen-bond acceptors (Lipinski definition) is 4. The van der Waals surface area contributed by atoms with E-state index in [4.69, 9.17) is 4.74 Å². The van der Waals surface area contributed by atoms with Crippen molar-refractivity contribution >= 4 is 28.1 Å². The zero-order valence-corrected chi connectivity index (χ0v) is 14.5. The van der Waals surface area contributed by atoms with E-state index in [-0.39, 0.29) is 23.9 Å². The van der Waals surface area contributed by atoms with Crippen molar-refractivity contribution in [2.75, 3.05) is 6.61 Å². The summed E-state index contributed by atoms with van der Waals surface area (Å²) < 4.78 is 18.6. The summed E-state index contributed by atoms with van der Waals surface area (Å²) in [7, 11) is 0. The Hall–Kier alpha value is -2.41. The van der Waals surface area contributed by atoms with Crippen molar-refractivity contribution < 1.29 is 19.0 Å². The Morgan fingerprint density at radius 2 is 2.08 bits per heavy atom. The van der Waals surface area contributed by atoms with Crippen LogP contribution < -0.4 is 10.2 Å². The monoisotopic (exact) mass is 394 g/mol. The topological polar surface area (TPSA) is 70.9 Å². The van der Waals surface area contributed by atoms with Gasteiger partial charge in [-0.15, -0.1) is 0 Å². The fraction of sp³-hybridized carbons (Fsp3) is 0.176. The quantitative estimate of drug-likeness (QED) is 0.582. The van der Waals surface area contributed by atoms with Gasteiger partial charge in [0, 0.05) is 0 Å². The zero-order valence-electron chi connectivity index (χ0n) is 12.9. The normalized spacial score (nSPS) is 10.8. The first-order chi connectivity index (χ1) is 11.5. The van der Waals surface area contributed by atoms with Gasteiger partial charge < -0.3 is 9.84 Å². The molecule has 0 aliphatic carbocycles. The summed E-state index contributed by atoms with van der Waals surface area (Å²) in [5.41, 5.74) is 3.73. The lowest BCUT2D eigenvalue weighted by Crippen LogP contribution is -2.19. The Labute approximate surface area is 147 Å². The minimum atomic E-state index is -0.347. The van der Waals surface area contributed by atoms with Crippen molar-refractivity contribution in [1.29, 1.82) is 0 Å². The number of phenolic OH excluding ortho intramolecular Hbond substituents is 1. The third kappa shape index (κ3) is 5.06. The van der Waals surface area contributed by atoms with Gasteiger partial charge in [-0.3, -0.25) is 4.79 Å². The van der Waals surface area contributed by atoms with Gasteiger partial charge in [0.15, 0.2) is 11.5 Å². The summed E-state index contributed by atoms with van der Waals surface area (Å²) in [5.74, 6) is -0.332. The maximum atomic E-state index is 12.8. The number of rotatable bonds is 6. The number of hydrazone groups is 1. The number of nitrogens with one attached hydrogen (secondary N) is 1. The van der Waals surface area contributed by atoms with Crippen LogP contribution in [-0.4, -0.2) is 23.8 Å². The number of halogens is 2. The molecule has 126 valence electrons. The molecule has 0 spiro atoms. The van der Waals surface area contributed by atoms with E-state index in [0.717, 1.165) is 0 Å². The van der Waals surface area contributed by atoms with Gasteiger partial charge in [-0.2, -0.15) is 5.10 Å². The molecule has 0 heterocycles. The van der Waals surface area contributed by atoms with Gasteiger partial charge in [0.25, 0.3) is 0 Å². The van der Waals surface area contributed by atoms with E-state index in [1.54, 1.807) is 24.3 Å². The molecule has 2 N–H and O–H groups in total. The minimum absolute atomic E-state index is 0.00865. The molecule has 2 rings (SSSR count). The van der Waals surface area contributed by atoms with Crippen LogP contribution in [0.1, 0.15) is 18.1 Å². The predicted octanol–water partition coefficient (Wildman–Crippen LogP) is 3.39. The van der Waals surface area contributed by atoms with Crippen molar-refractivity contribution in [3.63, 3.8) is 0 Å². The number of benzene rings is 2. The molecule has 24 heavy (non-hydrogen) atoms. The number of nitrogens with zero attached hydrogens (tertiary/aromatic N) is 1. The maximum Gasteiger partial charge on any atom is 0.244 e. The molecule has 0 saturated carbocycles. The van der Waals surface area contributed by atoms with Gasteiger partial charge in [0.05, 0.1) is 23.7 Å². The minimum Gasteiger partial charge on any atom is -0.503 e. The first-order valence-electron chi connectivity index (χ1n) is 7.21. The lowest BCUT2D eigenvalue weighted by Gasteiger charge is -2.08. The fourth-order valence-electron chi connectivity index (χ4n) is 1.94. The second-order valence-corrected chi connectivity index (χ2v) is 5.73. The molecule has 0 bridgehead atoms. The van der Waals surface area contributed by atoms with Crippen molar-refractivity contribution in [2.45, 2.75) is 13.3 Å². The van der Waals surface area contributed by atoms with Crippen LogP contribution >= 0.6 is 15.9 Å². The molecule has 2 aromatic carbocycles. The number of hydrogen-bond donors (Lipinski definition) is 2. The highest BCUT2D eigenvalue weighted by Crippen LogP contribution is 2.34. The highest BCUT2D eigenvalue weighted by atomic mass is 79.9. The highest BCUT2D eigenvalue weighted by Gasteiger charge is 2.08. The number of carbonyl (C=O) groups is 1. The Morgan fingerprint density at radius 1 is 1.38 bits per heavy atom. The average molecular weight is 395 g/mol. The second-order valence-electron chi connectivity index (χ2n) is 4.88. The molecule has 0 atom stereocenters. The molecule has 0 fully saturated rings. The van der Waals surface area contributed by atoms with Crippen molar-refractivity contribution in [1.82, 2.24) is 5.43 Å². The second kappa shape index (κ2) is 8.44. The van der Waals surface area contributed by atoms with E-state index in [2.05, 4.69) is 26.5 Å². The van der Waals surface area contributed by atoms with Crippen LogP contribution in [0.3, 0.4) is 0 Å². The Bertz CT molecular complexity index is 748. The first kappa shape index (κ1) is 17.9. The van der Waals surface area contributed by atoms with Gasteiger partial charge in [0.2, 0.25) is 5.91 Å². The first-order valence-corrected chi connectivity index (χ1v) is 8.00. The van der Waals surface area contributed by atoms with E-state index in [0.29, 0.717) is 28.0 Å². The molecule has 1 amide bonds. The molecular weight excluding hydrogens is 379 g/mol. The number of carbonyl (C=O) groups excluding carboxylic acids is 1. The summed E-state index contributed by atoms with van der Waals surface area (Å²) in [6.07, 6.45) is 1.54. The highest BCUT2D eigenvalue weighted by molar-refractivity contribution is 9.10. The third-order valence-corrected chi connectivity index (χ3v) is 3.64. The van der Waals surface area contributed by atoms with Crippen LogP contribution in [0.4, 0.5) is 4.39 Å². The van der Waals surface area contributed by atoms with Gasteiger partial charge in [-0.05, 0) is 58.2 Å². The van der Waals surface area contributed by atoms with Crippen molar-refractivity contribution in [3.05, 3.63) is 57.8 Å². The van der Waals surface area contributed by atoms with E-state index >= 15 is 0 Å². The van der Waals surface area contributed by atoms with E-state index in [9.17, 15) is 14.3 Å². The molecule has 0 aliphatic rings. The molecule has 2 aromatic rings. The van der Waals surface area contributed by atoms with Gasteiger partial charge >= 0.3 is 0 Å². The molecule has 0 radical (unpaired) electrons. The van der Waals surface area contributed by atoms with Crippen LogP contribution in [0.25, 0.3) is 0 Å². The Morgan fingerprint density at radius 3 is 2.75 bits per heavy atom. The standard InChI is InChI=1S/C17H16BrFN2O3/c1-2-24-15-8-12(7-14(18)17(15)23)10-20-21-16(22)9-11-3-5-13(19)6-4-11/h3-8,10,23H,2,9H2,1H3,(H,21,22)/b20-10+. The Kier molecular flexibility index (Phi) is 6.31. The summed E-state index contributed by atoms with van der Waals surface area (Å²) in [5, 5.41) is 13.7. The molecular formula is C17H16BrFN2O3. The van der Waals surface area contributed by atoms with Crippen molar-refractivity contribution in [2.24, 2.45) is 5.10 Å². The number of amides is 1. The summed E-state index contributed by atoms with van der Waals surface area (Å²) in [6, 6.07) is 8.95. The predicted molar refractivity (Wildman–Crippen MR) is 92.8 cm³/mol. The largest absolute Gasteiger partial charge is 0.503 e. The van der Waals surface area contributed by atoms with Crippen LogP contribution in [0.15, 0.2) is 46.0 Å². The van der Waals surface area contributed by atoms with Crippen LogP contribution in [0.5, 0.6) is 11.5 Å². The Balaban J connectivity index is 1.98. The zero-order chi connectivity index (χ0) is 17.5. The maximum absolute atomic E-state index is 12.8. The fourth-order valence-corrected chi connectivity index (χ4v) is 2.40. The van der Waals surface area contributed by atoms with Gasteiger partial charge in [-0.25, -0.2) is 9.82 Å². The molecule has 7 heteroatoms. The lowest BCUT2D eigenvalue weighted by molar-refractivity contribution is -0.120. The lowest BCUT2D eigenvalue weighted by atomic mass is 10.1. The van der Waals surface area contributed by atoms with Gasteiger partial charge in [0.1, 0.15) is 5.82 Å². The van der Waals surface area contributed by atoms with E-state index in [1.807, 2.05) is 6.92 Å². The number of aromatic hydroxyl groups is 1. The number of phenols is 1. The van der Waals surface area contributed by atoms with Crippen molar-refractivity contribution in [3.8, 4) is 11.5 Å². The summed E-state index contributed by atoms with van der Waals surface area (Å²) in [4.78, 5) is 11.8. The number of ether oxygens (including phenoxy) is 1. The SMILES string of the molecule is CCOc1cc(/C=N/NC(=O)Cc2ccc(F)cc2)cc(Br)c1O. The molecule has 5 nitrogen and oxygen atoms in total.